The molecule has 0 saturated carbocycles. The number of hydrogen-bond donors (Lipinski definition) is 0. The number of nitrogens with zero attached hydrogens (tertiary/aromatic N) is 1. The van der Waals surface area contributed by atoms with Gasteiger partial charge in [-0.3, -0.25) is 4.99 Å². The third-order valence-corrected chi connectivity index (χ3v) is 2.86. The van der Waals surface area contributed by atoms with Crippen molar-refractivity contribution < 1.29 is 0 Å². The van der Waals surface area contributed by atoms with Crippen LogP contribution in [0, 0.1) is 0 Å². The number of benzene rings is 2. The van der Waals surface area contributed by atoms with Crippen molar-refractivity contribution in [3.05, 3.63) is 48.5 Å². The summed E-state index contributed by atoms with van der Waals surface area (Å²) in [5.41, 5.74) is 1.90. The van der Waals surface area contributed by atoms with Crippen LogP contribution in [0.1, 0.15) is 0 Å². The summed E-state index contributed by atoms with van der Waals surface area (Å²) in [4.78, 5) is 3.92. The third-order valence-electron chi connectivity index (χ3n) is 2.15. The lowest BCUT2D eigenvalue weighted by molar-refractivity contribution is 1.18. The van der Waals surface area contributed by atoms with Crippen molar-refractivity contribution in [1.29, 1.82) is 0 Å². The van der Waals surface area contributed by atoms with Crippen molar-refractivity contribution >= 4 is 28.1 Å². The highest BCUT2D eigenvalue weighted by molar-refractivity contribution is 8.12. The van der Waals surface area contributed by atoms with Crippen molar-refractivity contribution in [2.24, 2.45) is 4.99 Å². The van der Waals surface area contributed by atoms with Gasteiger partial charge in [0.05, 0.1) is 5.55 Å². The summed E-state index contributed by atoms with van der Waals surface area (Å²) in [6, 6.07) is 16.7. The van der Waals surface area contributed by atoms with E-state index in [1.54, 1.807) is 11.8 Å². The lowest BCUT2D eigenvalue weighted by Gasteiger charge is -1.92. The highest BCUT2D eigenvalue weighted by atomic mass is 32.2. The molecule has 0 fully saturated rings. The van der Waals surface area contributed by atoms with Crippen LogP contribution in [0.3, 0.4) is 0 Å². The number of thioether (sulfide) groups is 1. The number of hydrogen-bond acceptors (Lipinski definition) is 2. The standard InChI is InChI=1S/C10H8.C3H5NS/c1-2-6-10-8-4-3-7-9(10)5-1;1-2-5-3-4-1/h1-8H;3H,1-2H2. The van der Waals surface area contributed by atoms with E-state index in [0.29, 0.717) is 0 Å². The van der Waals surface area contributed by atoms with E-state index in [4.69, 9.17) is 0 Å². The van der Waals surface area contributed by atoms with Gasteiger partial charge in [0.15, 0.2) is 0 Å². The van der Waals surface area contributed by atoms with Crippen LogP contribution in [0.15, 0.2) is 53.5 Å². The lowest BCUT2D eigenvalue weighted by Crippen LogP contribution is -1.69. The maximum Gasteiger partial charge on any atom is 0.0542 e. The first-order valence-electron chi connectivity index (χ1n) is 5.00. The maximum atomic E-state index is 3.92. The molecule has 1 aliphatic heterocycles. The fraction of sp³-hybridized carbons (Fsp3) is 0.154. The molecule has 0 radical (unpaired) electrons. The Labute approximate surface area is 94.2 Å². The van der Waals surface area contributed by atoms with Crippen LogP contribution in [0.2, 0.25) is 0 Å². The molecule has 2 aromatic carbocycles. The fourth-order valence-corrected chi connectivity index (χ4v) is 1.92. The molecule has 0 saturated heterocycles. The molecular formula is C13H13NS. The monoisotopic (exact) mass is 215 g/mol. The van der Waals surface area contributed by atoms with E-state index < -0.39 is 0 Å². The van der Waals surface area contributed by atoms with Gasteiger partial charge in [0, 0.05) is 12.3 Å². The molecule has 1 nitrogen and oxygen atoms in total. The second-order valence-corrected chi connectivity index (χ2v) is 4.18. The summed E-state index contributed by atoms with van der Waals surface area (Å²) in [5.74, 6) is 1.19. The molecule has 0 aliphatic carbocycles. The number of aliphatic imine (C=N–C) groups is 1. The van der Waals surface area contributed by atoms with Gasteiger partial charge in [0.25, 0.3) is 0 Å². The highest BCUT2D eigenvalue weighted by Gasteiger charge is 1.86. The van der Waals surface area contributed by atoms with Gasteiger partial charge >= 0.3 is 0 Å². The van der Waals surface area contributed by atoms with Gasteiger partial charge in [-0.15, -0.1) is 11.8 Å². The van der Waals surface area contributed by atoms with E-state index in [1.807, 2.05) is 5.55 Å². The molecule has 15 heavy (non-hydrogen) atoms. The van der Waals surface area contributed by atoms with Crippen molar-refractivity contribution in [3.63, 3.8) is 0 Å². The Morgan fingerprint density at radius 2 is 1.40 bits per heavy atom. The minimum Gasteiger partial charge on any atom is -0.285 e. The molecule has 2 aromatic rings. The van der Waals surface area contributed by atoms with Crippen LogP contribution >= 0.6 is 11.8 Å². The molecule has 0 amide bonds. The van der Waals surface area contributed by atoms with Crippen LogP contribution in [-0.4, -0.2) is 17.8 Å². The van der Waals surface area contributed by atoms with Gasteiger partial charge in [0.2, 0.25) is 0 Å². The molecule has 1 aliphatic rings. The molecule has 0 atom stereocenters. The minimum atomic E-state index is 1.03. The fourth-order valence-electron chi connectivity index (χ4n) is 1.40. The molecule has 0 unspecified atom stereocenters. The lowest BCUT2D eigenvalue weighted by atomic mass is 10.1. The van der Waals surface area contributed by atoms with Gasteiger partial charge in [0.1, 0.15) is 0 Å². The van der Waals surface area contributed by atoms with Crippen LogP contribution < -0.4 is 0 Å². The smallest absolute Gasteiger partial charge is 0.0542 e. The van der Waals surface area contributed by atoms with Crippen molar-refractivity contribution in [2.75, 3.05) is 12.3 Å². The molecule has 0 aromatic heterocycles. The average molecular weight is 215 g/mol. The van der Waals surface area contributed by atoms with Crippen molar-refractivity contribution in [2.45, 2.75) is 0 Å². The van der Waals surface area contributed by atoms with Crippen LogP contribution in [-0.2, 0) is 0 Å². The maximum absolute atomic E-state index is 3.92. The van der Waals surface area contributed by atoms with E-state index in [9.17, 15) is 0 Å². The summed E-state index contributed by atoms with van der Waals surface area (Å²) >= 11 is 1.78. The Balaban J connectivity index is 0.000000144. The quantitative estimate of drug-likeness (QED) is 0.654. The summed E-state index contributed by atoms with van der Waals surface area (Å²) in [6.45, 7) is 1.03. The molecule has 0 spiro atoms. The Hall–Kier alpha value is -1.28. The minimum absolute atomic E-state index is 1.03. The molecule has 3 rings (SSSR count). The number of rotatable bonds is 0. The van der Waals surface area contributed by atoms with Gasteiger partial charge in [-0.05, 0) is 10.8 Å². The average Bonchev–Trinajstić information content (AvgIpc) is 2.88. The largest absolute Gasteiger partial charge is 0.285 e. The SMILES string of the molecule is C1=NCCS1.c1ccc2ccccc2c1. The zero-order chi connectivity index (χ0) is 10.3. The summed E-state index contributed by atoms with van der Waals surface area (Å²) in [7, 11) is 0. The van der Waals surface area contributed by atoms with Crippen LogP contribution in [0.4, 0.5) is 0 Å². The Morgan fingerprint density at radius 3 is 1.67 bits per heavy atom. The first kappa shape index (κ1) is 10.2. The first-order chi connectivity index (χ1) is 7.47. The zero-order valence-electron chi connectivity index (χ0n) is 8.47. The third kappa shape index (κ3) is 3.10. The molecule has 0 bridgehead atoms. The highest BCUT2D eigenvalue weighted by Crippen LogP contribution is 2.11. The van der Waals surface area contributed by atoms with E-state index in [1.165, 1.54) is 16.5 Å². The topological polar surface area (TPSA) is 12.4 Å². The second kappa shape index (κ2) is 5.56. The van der Waals surface area contributed by atoms with Gasteiger partial charge in [-0.1, -0.05) is 48.5 Å². The van der Waals surface area contributed by atoms with Gasteiger partial charge < -0.3 is 0 Å². The Bertz CT molecular complexity index is 379. The van der Waals surface area contributed by atoms with E-state index in [0.717, 1.165) is 6.54 Å². The normalized spacial score (nSPS) is 13.6. The molecule has 0 N–H and O–H groups in total. The van der Waals surface area contributed by atoms with E-state index in [-0.39, 0.29) is 0 Å². The van der Waals surface area contributed by atoms with Gasteiger partial charge in [-0.2, -0.15) is 0 Å². The molecule has 1 heterocycles. The van der Waals surface area contributed by atoms with Crippen LogP contribution in [0.25, 0.3) is 10.8 Å². The zero-order valence-corrected chi connectivity index (χ0v) is 9.28. The van der Waals surface area contributed by atoms with Crippen molar-refractivity contribution in [3.8, 4) is 0 Å². The summed E-state index contributed by atoms with van der Waals surface area (Å²) in [6.07, 6.45) is 0. The number of fused-ring (bicyclic) bond motifs is 1. The second-order valence-electron chi connectivity index (χ2n) is 3.23. The Morgan fingerprint density at radius 1 is 0.867 bits per heavy atom. The Kier molecular flexibility index (Phi) is 3.80. The summed E-state index contributed by atoms with van der Waals surface area (Å²) < 4.78 is 0. The van der Waals surface area contributed by atoms with Crippen molar-refractivity contribution in [1.82, 2.24) is 0 Å². The predicted octanol–water partition coefficient (Wildman–Crippen LogP) is 3.60. The first-order valence-corrected chi connectivity index (χ1v) is 6.05. The van der Waals surface area contributed by atoms with E-state index >= 15 is 0 Å². The van der Waals surface area contributed by atoms with Crippen LogP contribution in [0.5, 0.6) is 0 Å². The molecule has 2 heteroatoms. The van der Waals surface area contributed by atoms with E-state index in [2.05, 4.69) is 53.5 Å². The predicted molar refractivity (Wildman–Crippen MR) is 69.8 cm³/mol. The van der Waals surface area contributed by atoms with Gasteiger partial charge in [-0.25, -0.2) is 0 Å². The molecule has 76 valence electrons. The molecular weight excluding hydrogens is 202 g/mol. The summed E-state index contributed by atoms with van der Waals surface area (Å²) in [5, 5.41) is 2.62.